The van der Waals surface area contributed by atoms with Gasteiger partial charge in [-0.1, -0.05) is 26.0 Å². The van der Waals surface area contributed by atoms with Gasteiger partial charge in [-0.3, -0.25) is 29.0 Å². The van der Waals surface area contributed by atoms with Gasteiger partial charge in [0.15, 0.2) is 5.96 Å². The summed E-state index contributed by atoms with van der Waals surface area (Å²) in [5.74, 6) is -6.91. The van der Waals surface area contributed by atoms with Gasteiger partial charge in [0.25, 0.3) is 0 Å². The fourth-order valence-electron chi connectivity index (χ4n) is 4.47. The first-order chi connectivity index (χ1) is 22.5. The highest BCUT2D eigenvalue weighted by atomic mass is 16.4. The molecule has 0 saturated carbocycles. The first-order valence-electron chi connectivity index (χ1n) is 15.5. The van der Waals surface area contributed by atoms with Crippen molar-refractivity contribution in [1.29, 1.82) is 0 Å². The maximum Gasteiger partial charge on any atom is 0.326 e. The number of carbonyl (C=O) groups is 6. The summed E-state index contributed by atoms with van der Waals surface area (Å²) < 4.78 is 0. The molecule has 5 atom stereocenters. The number of benzene rings is 1. The number of carboxylic acids is 2. The van der Waals surface area contributed by atoms with Crippen LogP contribution in [-0.2, 0) is 35.2 Å². The van der Waals surface area contributed by atoms with Gasteiger partial charge in [0, 0.05) is 13.0 Å². The van der Waals surface area contributed by atoms with E-state index in [1.54, 1.807) is 13.8 Å². The monoisotopic (exact) mass is 679 g/mol. The maximum absolute atomic E-state index is 13.3. The SMILES string of the molecule is CC(C)[C@H](NC(=O)[C@H](CC(=O)O)NC(=O)[C@@H](CCCCN)NC(=O)[C@H](N)CCCN=C(N)N)C(=O)N[C@@H](Cc1ccc(O)cc1)C(=O)O. The van der Waals surface area contributed by atoms with Crippen molar-refractivity contribution in [1.82, 2.24) is 21.3 Å². The predicted octanol–water partition coefficient (Wildman–Crippen LogP) is -2.40. The summed E-state index contributed by atoms with van der Waals surface area (Å²) in [5, 5.41) is 38.4. The average Bonchev–Trinajstić information content (AvgIpc) is 3.00. The Bertz CT molecular complexity index is 1270. The lowest BCUT2D eigenvalue weighted by molar-refractivity contribution is -0.143. The smallest absolute Gasteiger partial charge is 0.326 e. The van der Waals surface area contributed by atoms with Crippen LogP contribution >= 0.6 is 0 Å². The first kappa shape index (κ1) is 41.1. The number of aliphatic carboxylic acids is 2. The Morgan fingerprint density at radius 2 is 1.35 bits per heavy atom. The minimum atomic E-state index is -1.67. The van der Waals surface area contributed by atoms with Gasteiger partial charge in [0.05, 0.1) is 12.5 Å². The minimum Gasteiger partial charge on any atom is -0.508 e. The second-order valence-electron chi connectivity index (χ2n) is 11.6. The van der Waals surface area contributed by atoms with Crippen molar-refractivity contribution in [2.75, 3.05) is 13.1 Å². The molecule has 1 aromatic carbocycles. The van der Waals surface area contributed by atoms with E-state index in [0.29, 0.717) is 31.4 Å². The summed E-state index contributed by atoms with van der Waals surface area (Å²) in [6.45, 7) is 3.71. The Kier molecular flexibility index (Phi) is 18.0. The van der Waals surface area contributed by atoms with E-state index >= 15 is 0 Å². The molecule has 0 aliphatic heterocycles. The van der Waals surface area contributed by atoms with E-state index in [1.165, 1.54) is 24.3 Å². The topological polar surface area (TPSA) is 328 Å². The number of hydrogen-bond donors (Lipinski definition) is 11. The van der Waals surface area contributed by atoms with E-state index in [1.807, 2.05) is 0 Å². The van der Waals surface area contributed by atoms with Crippen LogP contribution in [0.5, 0.6) is 5.75 Å². The zero-order valence-corrected chi connectivity index (χ0v) is 27.2. The Balaban J connectivity index is 3.07. The summed E-state index contributed by atoms with van der Waals surface area (Å²) in [5.41, 5.74) is 22.6. The van der Waals surface area contributed by atoms with Crippen LogP contribution in [0, 0.1) is 5.92 Å². The molecule has 1 rings (SSSR count). The number of nitrogens with one attached hydrogen (secondary N) is 4. The molecule has 48 heavy (non-hydrogen) atoms. The Labute approximate surface area is 278 Å². The molecule has 18 nitrogen and oxygen atoms in total. The van der Waals surface area contributed by atoms with E-state index < -0.39 is 78.1 Å². The number of aliphatic imine (C=N–C) groups is 1. The number of aromatic hydroxyl groups is 1. The number of amides is 4. The lowest BCUT2D eigenvalue weighted by Gasteiger charge is -2.27. The van der Waals surface area contributed by atoms with Crippen LogP contribution in [-0.4, -0.2) is 100 Å². The zero-order valence-electron chi connectivity index (χ0n) is 27.2. The van der Waals surface area contributed by atoms with E-state index in [9.17, 15) is 44.1 Å². The summed E-state index contributed by atoms with van der Waals surface area (Å²) >= 11 is 0. The number of nitrogens with zero attached hydrogens (tertiary/aromatic N) is 1. The molecule has 15 N–H and O–H groups in total. The molecular weight excluding hydrogens is 630 g/mol. The van der Waals surface area contributed by atoms with Crippen molar-refractivity contribution in [2.45, 2.75) is 89.0 Å². The number of hydrogen-bond acceptors (Lipinski definition) is 10. The predicted molar refractivity (Wildman–Crippen MR) is 175 cm³/mol. The third-order valence-electron chi connectivity index (χ3n) is 7.13. The van der Waals surface area contributed by atoms with Gasteiger partial charge in [-0.2, -0.15) is 0 Å². The number of phenolic OH excluding ortho intramolecular Hbond substituents is 1. The second-order valence-corrected chi connectivity index (χ2v) is 11.6. The van der Waals surface area contributed by atoms with Crippen LogP contribution in [0.3, 0.4) is 0 Å². The quantitative estimate of drug-likeness (QED) is 0.0346. The molecule has 1 aromatic rings. The molecule has 0 bridgehead atoms. The number of phenols is 1. The van der Waals surface area contributed by atoms with Gasteiger partial charge in [0.2, 0.25) is 23.6 Å². The standard InChI is InChI=1S/C30H49N9O9/c1-16(2)24(28(46)38-22(29(47)48)14-17-8-10-18(40)11-9-17)39-27(45)21(15-23(41)42)37-26(44)20(7-3-4-12-31)36-25(43)19(32)6-5-13-35-30(33)34/h8-11,16,19-22,24,40H,3-7,12-15,31-32H2,1-2H3,(H,36,43)(H,37,44)(H,38,46)(H,39,45)(H,41,42)(H,47,48)(H4,33,34,35)/t19-,20-,21+,22+,24+/m1/s1. The van der Waals surface area contributed by atoms with Crippen molar-refractivity contribution in [3.63, 3.8) is 0 Å². The van der Waals surface area contributed by atoms with Crippen molar-refractivity contribution in [3.8, 4) is 5.75 Å². The van der Waals surface area contributed by atoms with Crippen LogP contribution in [0.2, 0.25) is 0 Å². The first-order valence-corrected chi connectivity index (χ1v) is 15.5. The number of guanidine groups is 1. The fourth-order valence-corrected chi connectivity index (χ4v) is 4.47. The van der Waals surface area contributed by atoms with Gasteiger partial charge in [-0.25, -0.2) is 4.79 Å². The van der Waals surface area contributed by atoms with Crippen LogP contribution in [0.4, 0.5) is 0 Å². The summed E-state index contributed by atoms with van der Waals surface area (Å²) in [7, 11) is 0. The number of carboxylic acid groups (broad SMARTS) is 2. The van der Waals surface area contributed by atoms with Crippen molar-refractivity contribution in [2.24, 2.45) is 33.8 Å². The second kappa shape index (κ2) is 21.0. The summed E-state index contributed by atoms with van der Waals surface area (Å²) in [6, 6.07) is -0.880. The molecule has 0 saturated heterocycles. The van der Waals surface area contributed by atoms with Gasteiger partial charge >= 0.3 is 11.9 Å². The van der Waals surface area contributed by atoms with E-state index in [2.05, 4.69) is 26.3 Å². The minimum absolute atomic E-state index is 0.0240. The molecule has 0 aliphatic rings. The van der Waals surface area contributed by atoms with Crippen LogP contribution < -0.4 is 44.2 Å². The van der Waals surface area contributed by atoms with Gasteiger partial charge in [0.1, 0.15) is 29.9 Å². The highest BCUT2D eigenvalue weighted by Crippen LogP contribution is 2.13. The lowest BCUT2D eigenvalue weighted by atomic mass is 10.0. The third kappa shape index (κ3) is 15.5. The Hall–Kier alpha value is -4.97. The van der Waals surface area contributed by atoms with Crippen molar-refractivity contribution < 1.29 is 44.1 Å². The molecule has 0 aromatic heterocycles. The molecule has 0 radical (unpaired) electrons. The van der Waals surface area contributed by atoms with E-state index in [0.717, 1.165) is 0 Å². The van der Waals surface area contributed by atoms with E-state index in [4.69, 9.17) is 22.9 Å². The Morgan fingerprint density at radius 3 is 1.90 bits per heavy atom. The Morgan fingerprint density at radius 1 is 0.771 bits per heavy atom. The van der Waals surface area contributed by atoms with Crippen molar-refractivity contribution in [3.05, 3.63) is 29.8 Å². The molecule has 0 heterocycles. The maximum atomic E-state index is 13.3. The third-order valence-corrected chi connectivity index (χ3v) is 7.13. The molecule has 268 valence electrons. The lowest BCUT2D eigenvalue weighted by Crippen LogP contribution is -2.59. The number of carbonyl (C=O) groups excluding carboxylic acids is 4. The largest absolute Gasteiger partial charge is 0.508 e. The van der Waals surface area contributed by atoms with Gasteiger partial charge in [-0.15, -0.1) is 0 Å². The number of unbranched alkanes of at least 4 members (excludes halogenated alkanes) is 1. The average molecular weight is 680 g/mol. The van der Waals surface area contributed by atoms with Gasteiger partial charge in [-0.05, 0) is 62.3 Å². The highest BCUT2D eigenvalue weighted by Gasteiger charge is 2.34. The normalized spacial score (nSPS) is 14.0. The molecule has 0 unspecified atom stereocenters. The molecule has 0 spiro atoms. The van der Waals surface area contributed by atoms with Crippen LogP contribution in [0.1, 0.15) is 57.9 Å². The number of rotatable bonds is 22. The molecule has 18 heteroatoms. The van der Waals surface area contributed by atoms with Crippen LogP contribution in [0.15, 0.2) is 29.3 Å². The zero-order chi connectivity index (χ0) is 36.4. The molecular formula is C30H49N9O9. The van der Waals surface area contributed by atoms with E-state index in [-0.39, 0.29) is 37.5 Å². The summed E-state index contributed by atoms with van der Waals surface area (Å²) in [6.07, 6.45) is 0.608. The van der Waals surface area contributed by atoms with Crippen molar-refractivity contribution >= 4 is 41.5 Å². The van der Waals surface area contributed by atoms with Gasteiger partial charge < -0.3 is 59.5 Å². The fraction of sp³-hybridized carbons (Fsp3) is 0.567. The highest BCUT2D eigenvalue weighted by molar-refractivity contribution is 5.96. The number of nitrogens with two attached hydrogens (primary N) is 4. The molecule has 4 amide bonds. The molecule has 0 fully saturated rings. The molecule has 0 aliphatic carbocycles. The van der Waals surface area contributed by atoms with Crippen LogP contribution in [0.25, 0.3) is 0 Å². The summed E-state index contributed by atoms with van der Waals surface area (Å²) in [4.78, 5) is 80.0.